The molecule has 2 rings (SSSR count). The molecule has 0 aromatic carbocycles. The van der Waals surface area contributed by atoms with Gasteiger partial charge in [-0.3, -0.25) is 9.69 Å². The maximum Gasteiger partial charge on any atom is 0.254 e. The highest BCUT2D eigenvalue weighted by Crippen LogP contribution is 2.02. The zero-order chi connectivity index (χ0) is 11.5. The number of hydrogen-bond donors (Lipinski definition) is 1. The van der Waals surface area contributed by atoms with E-state index in [0.717, 1.165) is 44.0 Å². The Bertz CT molecular complexity index is 419. The molecule has 4 nitrogen and oxygen atoms in total. The summed E-state index contributed by atoms with van der Waals surface area (Å²) in [6.07, 6.45) is 0. The van der Waals surface area contributed by atoms with Gasteiger partial charge in [-0.15, -0.1) is 0 Å². The van der Waals surface area contributed by atoms with E-state index in [0.29, 0.717) is 0 Å². The molecular formula is C12H19N3O. The summed E-state index contributed by atoms with van der Waals surface area (Å²) in [5, 5.41) is 3.31. The third-order valence-electron chi connectivity index (χ3n) is 3.24. The largest absolute Gasteiger partial charge is 0.316 e. The fourth-order valence-electron chi connectivity index (χ4n) is 2.01. The van der Waals surface area contributed by atoms with Gasteiger partial charge < -0.3 is 9.88 Å². The molecule has 1 aliphatic heterocycles. The number of hydrogen-bond acceptors (Lipinski definition) is 3. The first kappa shape index (κ1) is 11.4. The van der Waals surface area contributed by atoms with Crippen molar-refractivity contribution >= 4 is 0 Å². The van der Waals surface area contributed by atoms with Crippen molar-refractivity contribution in [3.05, 3.63) is 33.7 Å². The molecule has 0 radical (unpaired) electrons. The fraction of sp³-hybridized carbons (Fsp3) is 0.583. The molecule has 1 fully saturated rings. The van der Waals surface area contributed by atoms with Crippen molar-refractivity contribution in [2.75, 3.05) is 26.2 Å². The Morgan fingerprint density at radius 1 is 1.31 bits per heavy atom. The van der Waals surface area contributed by atoms with Crippen LogP contribution in [0.3, 0.4) is 0 Å². The lowest BCUT2D eigenvalue weighted by atomic mass is 10.2. The summed E-state index contributed by atoms with van der Waals surface area (Å²) in [7, 11) is 1.83. The molecule has 0 bridgehead atoms. The Balaban J connectivity index is 2.15. The number of pyridine rings is 1. The van der Waals surface area contributed by atoms with Gasteiger partial charge in [-0.1, -0.05) is 6.07 Å². The second-order valence-corrected chi connectivity index (χ2v) is 4.39. The van der Waals surface area contributed by atoms with Crippen LogP contribution in [-0.4, -0.2) is 35.6 Å². The molecule has 0 amide bonds. The first-order valence-corrected chi connectivity index (χ1v) is 5.77. The van der Waals surface area contributed by atoms with Crippen molar-refractivity contribution in [2.45, 2.75) is 13.5 Å². The van der Waals surface area contributed by atoms with Crippen LogP contribution in [0.1, 0.15) is 11.3 Å². The van der Waals surface area contributed by atoms with Crippen molar-refractivity contribution in [1.29, 1.82) is 0 Å². The van der Waals surface area contributed by atoms with Gasteiger partial charge in [-0.25, -0.2) is 0 Å². The lowest BCUT2D eigenvalue weighted by Gasteiger charge is -2.27. The van der Waals surface area contributed by atoms with Crippen molar-refractivity contribution in [3.8, 4) is 0 Å². The van der Waals surface area contributed by atoms with Gasteiger partial charge in [-0.2, -0.15) is 0 Å². The van der Waals surface area contributed by atoms with Gasteiger partial charge in [-0.05, 0) is 13.0 Å². The first-order valence-electron chi connectivity index (χ1n) is 5.77. The number of nitrogens with one attached hydrogen (secondary N) is 1. The quantitative estimate of drug-likeness (QED) is 0.769. The minimum absolute atomic E-state index is 0.138. The van der Waals surface area contributed by atoms with Gasteiger partial charge in [0.2, 0.25) is 0 Å². The Labute approximate surface area is 95.9 Å². The van der Waals surface area contributed by atoms with E-state index in [1.165, 1.54) is 0 Å². The highest BCUT2D eigenvalue weighted by Gasteiger charge is 2.12. The van der Waals surface area contributed by atoms with Crippen LogP contribution < -0.4 is 10.9 Å². The van der Waals surface area contributed by atoms with E-state index in [1.54, 1.807) is 4.57 Å². The number of nitrogens with zero attached hydrogens (tertiary/aromatic N) is 2. The second kappa shape index (κ2) is 4.80. The van der Waals surface area contributed by atoms with E-state index < -0.39 is 0 Å². The molecule has 88 valence electrons. The molecule has 1 aliphatic rings. The second-order valence-electron chi connectivity index (χ2n) is 4.39. The highest BCUT2D eigenvalue weighted by atomic mass is 16.1. The molecule has 16 heavy (non-hydrogen) atoms. The van der Waals surface area contributed by atoms with Gasteiger partial charge in [0.05, 0.1) is 0 Å². The van der Waals surface area contributed by atoms with Gasteiger partial charge in [0, 0.05) is 51.0 Å². The fourth-order valence-corrected chi connectivity index (χ4v) is 2.01. The lowest BCUT2D eigenvalue weighted by Crippen LogP contribution is -2.43. The molecular weight excluding hydrogens is 202 g/mol. The van der Waals surface area contributed by atoms with Crippen molar-refractivity contribution in [1.82, 2.24) is 14.8 Å². The van der Waals surface area contributed by atoms with Crippen LogP contribution in [0.15, 0.2) is 16.9 Å². The monoisotopic (exact) mass is 221 g/mol. The average Bonchev–Trinajstić information content (AvgIpc) is 2.31. The van der Waals surface area contributed by atoms with E-state index in [4.69, 9.17) is 0 Å². The Kier molecular flexibility index (Phi) is 3.41. The summed E-state index contributed by atoms with van der Waals surface area (Å²) in [4.78, 5) is 14.3. The average molecular weight is 221 g/mol. The molecule has 1 saturated heterocycles. The van der Waals surface area contributed by atoms with E-state index >= 15 is 0 Å². The van der Waals surface area contributed by atoms with Gasteiger partial charge in [0.1, 0.15) is 0 Å². The molecule has 1 N–H and O–H groups in total. The summed E-state index contributed by atoms with van der Waals surface area (Å²) >= 11 is 0. The molecule has 0 aliphatic carbocycles. The smallest absolute Gasteiger partial charge is 0.254 e. The van der Waals surface area contributed by atoms with Gasteiger partial charge >= 0.3 is 0 Å². The van der Waals surface area contributed by atoms with E-state index in [1.807, 2.05) is 26.1 Å². The van der Waals surface area contributed by atoms with Crippen molar-refractivity contribution in [3.63, 3.8) is 0 Å². The number of aromatic nitrogens is 1. The first-order chi connectivity index (χ1) is 7.68. The molecule has 0 saturated carbocycles. The van der Waals surface area contributed by atoms with Gasteiger partial charge in [0.25, 0.3) is 5.56 Å². The molecule has 0 atom stereocenters. The summed E-state index contributed by atoms with van der Waals surface area (Å²) in [6, 6.07) is 3.97. The third-order valence-corrected chi connectivity index (χ3v) is 3.24. The molecule has 4 heteroatoms. The normalized spacial score (nSPS) is 17.6. The summed E-state index contributed by atoms with van der Waals surface area (Å²) in [6.45, 7) is 6.82. The van der Waals surface area contributed by atoms with Gasteiger partial charge in [0.15, 0.2) is 0 Å². The SMILES string of the molecule is Cc1ccc(CN2CCNCC2)c(=O)n1C. The molecule has 2 heterocycles. The zero-order valence-corrected chi connectivity index (χ0v) is 9.99. The Hall–Kier alpha value is -1.13. The van der Waals surface area contributed by atoms with Crippen molar-refractivity contribution < 1.29 is 0 Å². The number of rotatable bonds is 2. The summed E-state index contributed by atoms with van der Waals surface area (Å²) in [5.74, 6) is 0. The van der Waals surface area contributed by atoms with Crippen LogP contribution >= 0.6 is 0 Å². The standard InChI is InChI=1S/C12H19N3O/c1-10-3-4-11(12(16)14(10)2)9-15-7-5-13-6-8-15/h3-4,13H,5-9H2,1-2H3. The molecule has 0 spiro atoms. The maximum absolute atomic E-state index is 12.0. The highest BCUT2D eigenvalue weighted by molar-refractivity contribution is 5.15. The molecule has 1 aromatic heterocycles. The van der Waals surface area contributed by atoms with E-state index in [-0.39, 0.29) is 5.56 Å². The number of aryl methyl sites for hydroxylation is 1. The van der Waals surface area contributed by atoms with Crippen LogP contribution in [0.25, 0.3) is 0 Å². The van der Waals surface area contributed by atoms with E-state index in [9.17, 15) is 4.79 Å². The summed E-state index contributed by atoms with van der Waals surface area (Å²) in [5.41, 5.74) is 2.04. The minimum Gasteiger partial charge on any atom is -0.316 e. The van der Waals surface area contributed by atoms with Crippen LogP contribution in [0, 0.1) is 6.92 Å². The predicted molar refractivity (Wildman–Crippen MR) is 64.6 cm³/mol. The van der Waals surface area contributed by atoms with Crippen LogP contribution in [-0.2, 0) is 13.6 Å². The zero-order valence-electron chi connectivity index (χ0n) is 9.99. The Morgan fingerprint density at radius 2 is 2.00 bits per heavy atom. The summed E-state index contributed by atoms with van der Waals surface area (Å²) < 4.78 is 1.72. The predicted octanol–water partition coefficient (Wildman–Crippen LogP) is 0.0989. The maximum atomic E-state index is 12.0. The Morgan fingerprint density at radius 3 is 2.69 bits per heavy atom. The lowest BCUT2D eigenvalue weighted by molar-refractivity contribution is 0.232. The third kappa shape index (κ3) is 2.33. The van der Waals surface area contributed by atoms with Crippen LogP contribution in [0.5, 0.6) is 0 Å². The van der Waals surface area contributed by atoms with E-state index in [2.05, 4.69) is 10.2 Å². The topological polar surface area (TPSA) is 37.3 Å². The van der Waals surface area contributed by atoms with Crippen molar-refractivity contribution in [2.24, 2.45) is 7.05 Å². The van der Waals surface area contributed by atoms with Crippen LogP contribution in [0.4, 0.5) is 0 Å². The molecule has 1 aromatic rings. The van der Waals surface area contributed by atoms with Crippen LogP contribution in [0.2, 0.25) is 0 Å². The number of piperazine rings is 1. The minimum atomic E-state index is 0.138. The molecule has 0 unspecified atom stereocenters.